The van der Waals surface area contributed by atoms with E-state index in [1.54, 1.807) is 24.3 Å². The fourth-order valence-corrected chi connectivity index (χ4v) is 1.44. The van der Waals surface area contributed by atoms with Crippen LogP contribution in [0.2, 0.25) is 0 Å². The Kier molecular flexibility index (Phi) is 4.44. The summed E-state index contributed by atoms with van der Waals surface area (Å²) in [5.41, 5.74) is 0.562. The molecule has 0 aliphatic rings. The van der Waals surface area contributed by atoms with Crippen molar-refractivity contribution in [2.24, 2.45) is 0 Å². The van der Waals surface area contributed by atoms with E-state index >= 15 is 0 Å². The van der Waals surface area contributed by atoms with E-state index in [1.807, 2.05) is 6.92 Å². The molecule has 1 heterocycles. The Labute approximate surface area is 110 Å². The number of nitrogens with one attached hydrogen (secondary N) is 2. The number of hydrogen-bond donors (Lipinski definition) is 2. The summed E-state index contributed by atoms with van der Waals surface area (Å²) in [7, 11) is 0. The van der Waals surface area contributed by atoms with Gasteiger partial charge >= 0.3 is 0 Å². The third-order valence-corrected chi connectivity index (χ3v) is 2.39. The van der Waals surface area contributed by atoms with Gasteiger partial charge in [0.1, 0.15) is 5.75 Å². The highest BCUT2D eigenvalue weighted by molar-refractivity contribution is 5.94. The molecule has 19 heavy (non-hydrogen) atoms. The molecule has 0 bridgehead atoms. The van der Waals surface area contributed by atoms with Crippen molar-refractivity contribution in [2.45, 2.75) is 19.9 Å². The molecule has 1 amide bonds. The van der Waals surface area contributed by atoms with Gasteiger partial charge in [0.2, 0.25) is 0 Å². The number of amides is 1. The number of ether oxygens (including phenoxy) is 1. The van der Waals surface area contributed by atoms with E-state index < -0.39 is 0 Å². The van der Waals surface area contributed by atoms with Crippen LogP contribution in [0.15, 0.2) is 24.3 Å². The van der Waals surface area contributed by atoms with Crippen LogP contribution in [0.1, 0.15) is 29.5 Å². The van der Waals surface area contributed by atoms with Gasteiger partial charge in [-0.2, -0.15) is 5.21 Å². The molecule has 0 aliphatic heterocycles. The van der Waals surface area contributed by atoms with Crippen molar-refractivity contribution in [1.29, 1.82) is 0 Å². The van der Waals surface area contributed by atoms with Gasteiger partial charge in [0.05, 0.1) is 13.2 Å². The highest BCUT2D eigenvalue weighted by atomic mass is 16.5. The molecule has 0 atom stereocenters. The number of rotatable bonds is 6. The summed E-state index contributed by atoms with van der Waals surface area (Å²) in [6.45, 7) is 2.95. The highest BCUT2D eigenvalue weighted by Crippen LogP contribution is 2.12. The van der Waals surface area contributed by atoms with Crippen LogP contribution in [0.5, 0.6) is 5.75 Å². The molecular weight excluding hydrogens is 246 g/mol. The molecule has 0 saturated heterocycles. The molecule has 2 N–H and O–H groups in total. The van der Waals surface area contributed by atoms with Gasteiger partial charge in [-0.3, -0.25) is 4.79 Å². The topological polar surface area (TPSA) is 92.8 Å². The van der Waals surface area contributed by atoms with E-state index in [1.165, 1.54) is 0 Å². The van der Waals surface area contributed by atoms with Crippen LogP contribution in [0, 0.1) is 0 Å². The second kappa shape index (κ2) is 6.48. The monoisotopic (exact) mass is 261 g/mol. The zero-order valence-electron chi connectivity index (χ0n) is 10.6. The van der Waals surface area contributed by atoms with Gasteiger partial charge < -0.3 is 10.1 Å². The van der Waals surface area contributed by atoms with Gasteiger partial charge in [-0.25, -0.2) is 0 Å². The number of nitrogens with zero attached hydrogens (tertiary/aromatic N) is 3. The van der Waals surface area contributed by atoms with Crippen LogP contribution in [-0.2, 0) is 6.54 Å². The van der Waals surface area contributed by atoms with Crippen LogP contribution in [-0.4, -0.2) is 33.1 Å². The molecule has 0 fully saturated rings. The lowest BCUT2D eigenvalue weighted by atomic mass is 10.2. The van der Waals surface area contributed by atoms with E-state index in [0.29, 0.717) is 18.0 Å². The van der Waals surface area contributed by atoms with Gasteiger partial charge in [0, 0.05) is 5.56 Å². The standard InChI is InChI=1S/C12H15N5O2/c1-2-7-19-10-5-3-9(4-6-10)12(18)13-8-11-14-16-17-15-11/h3-6H,2,7-8H2,1H3,(H,13,18)(H,14,15,16,17). The van der Waals surface area contributed by atoms with E-state index in [4.69, 9.17) is 4.74 Å². The zero-order chi connectivity index (χ0) is 13.5. The first kappa shape index (κ1) is 13.0. The van der Waals surface area contributed by atoms with Gasteiger partial charge in [0.15, 0.2) is 5.82 Å². The molecule has 1 aromatic heterocycles. The normalized spacial score (nSPS) is 10.2. The Morgan fingerprint density at radius 2 is 2.16 bits per heavy atom. The predicted molar refractivity (Wildman–Crippen MR) is 67.6 cm³/mol. The van der Waals surface area contributed by atoms with Crippen molar-refractivity contribution < 1.29 is 9.53 Å². The number of H-pyrrole nitrogens is 1. The summed E-state index contributed by atoms with van der Waals surface area (Å²) in [5.74, 6) is 1.01. The molecule has 2 aromatic rings. The van der Waals surface area contributed by atoms with E-state index in [9.17, 15) is 4.79 Å². The lowest BCUT2D eigenvalue weighted by Gasteiger charge is -2.06. The molecule has 7 nitrogen and oxygen atoms in total. The maximum atomic E-state index is 11.8. The number of carbonyl (C=O) groups is 1. The Bertz CT molecular complexity index is 509. The quantitative estimate of drug-likeness (QED) is 0.806. The second-order valence-corrected chi connectivity index (χ2v) is 3.88. The average molecular weight is 261 g/mol. The van der Waals surface area contributed by atoms with Crippen LogP contribution in [0.4, 0.5) is 0 Å². The molecule has 2 rings (SSSR count). The lowest BCUT2D eigenvalue weighted by Crippen LogP contribution is -2.23. The van der Waals surface area contributed by atoms with Crippen LogP contribution in [0.25, 0.3) is 0 Å². The maximum absolute atomic E-state index is 11.8. The number of benzene rings is 1. The molecule has 0 saturated carbocycles. The van der Waals surface area contributed by atoms with Crippen LogP contribution in [0.3, 0.4) is 0 Å². The third kappa shape index (κ3) is 3.77. The highest BCUT2D eigenvalue weighted by Gasteiger charge is 2.06. The van der Waals surface area contributed by atoms with E-state index in [2.05, 4.69) is 25.9 Å². The molecule has 7 heteroatoms. The van der Waals surface area contributed by atoms with Gasteiger partial charge in [0.25, 0.3) is 5.91 Å². The smallest absolute Gasteiger partial charge is 0.251 e. The summed E-state index contributed by atoms with van der Waals surface area (Å²) in [6.07, 6.45) is 0.951. The van der Waals surface area contributed by atoms with Crippen molar-refractivity contribution in [3.05, 3.63) is 35.7 Å². The fraction of sp³-hybridized carbons (Fsp3) is 0.333. The largest absolute Gasteiger partial charge is 0.494 e. The molecule has 0 unspecified atom stereocenters. The molecule has 1 aromatic carbocycles. The predicted octanol–water partition coefficient (Wildman–Crippen LogP) is 0.918. The molecule has 0 aliphatic carbocycles. The fourth-order valence-electron chi connectivity index (χ4n) is 1.44. The van der Waals surface area contributed by atoms with Gasteiger partial charge in [-0.1, -0.05) is 12.1 Å². The minimum Gasteiger partial charge on any atom is -0.494 e. The first-order valence-electron chi connectivity index (χ1n) is 6.03. The van der Waals surface area contributed by atoms with Crippen molar-refractivity contribution in [2.75, 3.05) is 6.61 Å². The minimum atomic E-state index is -0.188. The number of carbonyl (C=O) groups excluding carboxylic acids is 1. The second-order valence-electron chi connectivity index (χ2n) is 3.88. The minimum absolute atomic E-state index is 0.188. The van der Waals surface area contributed by atoms with E-state index in [0.717, 1.165) is 12.2 Å². The zero-order valence-corrected chi connectivity index (χ0v) is 10.6. The third-order valence-electron chi connectivity index (χ3n) is 2.39. The van der Waals surface area contributed by atoms with Crippen molar-refractivity contribution in [1.82, 2.24) is 25.9 Å². The number of hydrogen-bond acceptors (Lipinski definition) is 5. The molecular formula is C12H15N5O2. The molecule has 0 spiro atoms. The first-order valence-corrected chi connectivity index (χ1v) is 6.03. The van der Waals surface area contributed by atoms with Crippen molar-refractivity contribution >= 4 is 5.91 Å². The maximum Gasteiger partial charge on any atom is 0.251 e. The van der Waals surface area contributed by atoms with Gasteiger partial charge in [-0.15, -0.1) is 10.2 Å². The Balaban J connectivity index is 1.88. The molecule has 100 valence electrons. The Morgan fingerprint density at radius 1 is 1.37 bits per heavy atom. The number of tetrazole rings is 1. The van der Waals surface area contributed by atoms with Gasteiger partial charge in [-0.05, 0) is 30.7 Å². The average Bonchev–Trinajstić information content (AvgIpc) is 2.96. The summed E-state index contributed by atoms with van der Waals surface area (Å²) < 4.78 is 5.44. The first-order chi connectivity index (χ1) is 9.29. The summed E-state index contributed by atoms with van der Waals surface area (Å²) in [6, 6.07) is 6.99. The summed E-state index contributed by atoms with van der Waals surface area (Å²) in [4.78, 5) is 11.8. The van der Waals surface area contributed by atoms with Crippen LogP contribution < -0.4 is 10.1 Å². The van der Waals surface area contributed by atoms with Crippen molar-refractivity contribution in [3.63, 3.8) is 0 Å². The number of aromatic nitrogens is 4. The van der Waals surface area contributed by atoms with Crippen LogP contribution >= 0.6 is 0 Å². The lowest BCUT2D eigenvalue weighted by molar-refractivity contribution is 0.0950. The Morgan fingerprint density at radius 3 is 2.79 bits per heavy atom. The van der Waals surface area contributed by atoms with Crippen molar-refractivity contribution in [3.8, 4) is 5.75 Å². The SMILES string of the molecule is CCCOc1ccc(C(=O)NCc2nn[nH]n2)cc1. The van der Waals surface area contributed by atoms with E-state index in [-0.39, 0.29) is 12.5 Å². The summed E-state index contributed by atoms with van der Waals surface area (Å²) >= 11 is 0. The summed E-state index contributed by atoms with van der Waals surface area (Å²) in [5, 5.41) is 15.9. The number of aromatic amines is 1. The Hall–Kier alpha value is -2.44. The molecule has 0 radical (unpaired) electrons.